The van der Waals surface area contributed by atoms with E-state index in [-0.39, 0.29) is 9.66 Å². The van der Waals surface area contributed by atoms with Crippen molar-refractivity contribution in [2.45, 2.75) is 44.3 Å². The van der Waals surface area contributed by atoms with E-state index in [1.54, 1.807) is 27.7 Å². The quantitative estimate of drug-likeness (QED) is 0.222. The lowest BCUT2D eigenvalue weighted by Gasteiger charge is -2.32. The molecular weight excluding hydrogens is 420 g/mol. The molecule has 0 N–H and O–H groups in total. The van der Waals surface area contributed by atoms with Crippen LogP contribution in [-0.2, 0) is 10.1 Å². The molecule has 1 aromatic carbocycles. The standard InChI is InChI=1S/C13H17BrF4O3SSi/c1-8(2)23(18,9(3)4)12-10(14)6-5-7-11(12)21-22(19,20)13(15,16)17/h5-9H,1-4H3. The van der Waals surface area contributed by atoms with E-state index in [4.69, 9.17) is 0 Å². The van der Waals surface area contributed by atoms with Crippen LogP contribution in [0.1, 0.15) is 27.7 Å². The molecule has 0 aromatic heterocycles. The van der Waals surface area contributed by atoms with Gasteiger partial charge in [-0.25, -0.2) is 0 Å². The Morgan fingerprint density at radius 3 is 2.00 bits per heavy atom. The third-order valence-corrected chi connectivity index (χ3v) is 10.2. The Hall–Kier alpha value is -0.613. The third kappa shape index (κ3) is 3.90. The molecule has 1 aromatic rings. The number of hydrogen-bond donors (Lipinski definition) is 0. The molecule has 0 saturated carbocycles. The Morgan fingerprint density at radius 2 is 1.61 bits per heavy atom. The van der Waals surface area contributed by atoms with E-state index in [2.05, 4.69) is 20.1 Å². The van der Waals surface area contributed by atoms with Crippen LogP contribution < -0.4 is 9.37 Å². The summed E-state index contributed by atoms with van der Waals surface area (Å²) in [5.41, 5.74) is -6.56. The minimum atomic E-state index is -5.87. The molecule has 0 atom stereocenters. The second-order valence-electron chi connectivity index (χ2n) is 5.67. The summed E-state index contributed by atoms with van der Waals surface area (Å²) in [7, 11) is -9.70. The van der Waals surface area contributed by atoms with Crippen LogP contribution in [0.5, 0.6) is 5.75 Å². The maximum atomic E-state index is 15.7. The number of rotatable bonds is 5. The molecule has 0 aliphatic carbocycles. The molecule has 132 valence electrons. The van der Waals surface area contributed by atoms with Gasteiger partial charge < -0.3 is 8.29 Å². The highest BCUT2D eigenvalue weighted by Crippen LogP contribution is 2.38. The van der Waals surface area contributed by atoms with Crippen molar-refractivity contribution in [3.8, 4) is 5.75 Å². The van der Waals surface area contributed by atoms with Gasteiger partial charge in [0.25, 0.3) is 8.41 Å². The summed E-state index contributed by atoms with van der Waals surface area (Å²) in [4.78, 5) is 0. The third-order valence-electron chi connectivity index (χ3n) is 3.52. The van der Waals surface area contributed by atoms with E-state index >= 15 is 4.11 Å². The van der Waals surface area contributed by atoms with E-state index in [0.717, 1.165) is 6.07 Å². The van der Waals surface area contributed by atoms with Crippen LogP contribution in [0.4, 0.5) is 17.3 Å². The molecule has 0 radical (unpaired) electrons. The highest BCUT2D eigenvalue weighted by molar-refractivity contribution is 9.10. The van der Waals surface area contributed by atoms with Crippen LogP contribution >= 0.6 is 15.9 Å². The van der Waals surface area contributed by atoms with Gasteiger partial charge in [0, 0.05) is 9.66 Å². The summed E-state index contributed by atoms with van der Waals surface area (Å²) in [6, 6.07) is 3.79. The molecule has 3 nitrogen and oxygen atoms in total. The van der Waals surface area contributed by atoms with Crippen molar-refractivity contribution in [2.75, 3.05) is 0 Å². The fourth-order valence-electron chi connectivity index (χ4n) is 2.36. The topological polar surface area (TPSA) is 43.4 Å². The zero-order chi connectivity index (χ0) is 18.2. The van der Waals surface area contributed by atoms with Crippen LogP contribution in [0.2, 0.25) is 11.1 Å². The smallest absolute Gasteiger partial charge is 0.376 e. The molecule has 0 aliphatic rings. The van der Waals surface area contributed by atoms with Gasteiger partial charge in [0.2, 0.25) is 0 Å². The fourth-order valence-corrected chi connectivity index (χ4v) is 7.61. The van der Waals surface area contributed by atoms with Crippen molar-refractivity contribution in [1.29, 1.82) is 0 Å². The van der Waals surface area contributed by atoms with Crippen LogP contribution in [0.15, 0.2) is 22.7 Å². The molecule has 0 spiro atoms. The summed E-state index contributed by atoms with van der Waals surface area (Å²) in [6.07, 6.45) is 0. The van der Waals surface area contributed by atoms with Gasteiger partial charge in [-0.3, -0.25) is 0 Å². The first kappa shape index (κ1) is 20.4. The van der Waals surface area contributed by atoms with E-state index in [1.165, 1.54) is 12.1 Å². The first-order chi connectivity index (χ1) is 10.2. The fraction of sp³-hybridized carbons (Fsp3) is 0.538. The van der Waals surface area contributed by atoms with Gasteiger partial charge in [-0.1, -0.05) is 49.7 Å². The average molecular weight is 437 g/mol. The minimum absolute atomic E-state index is 0.113. The van der Waals surface area contributed by atoms with Crippen molar-refractivity contribution in [3.63, 3.8) is 0 Å². The first-order valence-electron chi connectivity index (χ1n) is 6.73. The second-order valence-corrected chi connectivity index (χ2v) is 12.4. The SMILES string of the molecule is CC(C)[Si](F)(c1c(Br)cccc1OS(=O)(=O)C(F)(F)F)C(C)C. The molecule has 0 unspecified atom stereocenters. The van der Waals surface area contributed by atoms with Crippen molar-refractivity contribution < 1.29 is 29.9 Å². The highest BCUT2D eigenvalue weighted by Gasteiger charge is 2.51. The predicted molar refractivity (Wildman–Crippen MR) is 86.4 cm³/mol. The van der Waals surface area contributed by atoms with Gasteiger partial charge in [-0.15, -0.1) is 0 Å². The van der Waals surface area contributed by atoms with E-state index < -0.39 is 40.9 Å². The molecule has 0 aliphatic heterocycles. The second kappa shape index (κ2) is 6.71. The van der Waals surface area contributed by atoms with Crippen molar-refractivity contribution in [3.05, 3.63) is 22.7 Å². The number of hydrogen-bond acceptors (Lipinski definition) is 3. The number of halogens is 5. The van der Waals surface area contributed by atoms with Gasteiger partial charge in [-0.2, -0.15) is 21.6 Å². The van der Waals surface area contributed by atoms with E-state index in [0.29, 0.717) is 0 Å². The molecule has 0 heterocycles. The predicted octanol–water partition coefficient (Wildman–Crippen LogP) is 4.62. The number of benzene rings is 1. The summed E-state index contributed by atoms with van der Waals surface area (Å²) in [5.74, 6) is -0.617. The lowest BCUT2D eigenvalue weighted by atomic mass is 10.3. The Morgan fingerprint density at radius 1 is 1.13 bits per heavy atom. The van der Waals surface area contributed by atoms with Gasteiger partial charge in [0.1, 0.15) is 5.75 Å². The van der Waals surface area contributed by atoms with Gasteiger partial charge in [-0.05, 0) is 23.2 Å². The zero-order valence-corrected chi connectivity index (χ0v) is 16.3. The Labute approximate surface area is 142 Å². The van der Waals surface area contributed by atoms with Gasteiger partial charge >= 0.3 is 15.6 Å². The van der Waals surface area contributed by atoms with Crippen molar-refractivity contribution >= 4 is 39.6 Å². The molecule has 1 rings (SSSR count). The summed E-state index contributed by atoms with van der Waals surface area (Å²) >= 11 is 3.12. The summed E-state index contributed by atoms with van der Waals surface area (Å²) in [6.45, 7) is 6.48. The summed E-state index contributed by atoms with van der Waals surface area (Å²) in [5, 5.41) is -0.113. The monoisotopic (exact) mass is 436 g/mol. The van der Waals surface area contributed by atoms with Crippen molar-refractivity contribution in [1.82, 2.24) is 0 Å². The van der Waals surface area contributed by atoms with Gasteiger partial charge in [0.15, 0.2) is 0 Å². The Balaban J connectivity index is 3.59. The van der Waals surface area contributed by atoms with E-state index in [1.807, 2.05) is 0 Å². The highest BCUT2D eigenvalue weighted by atomic mass is 79.9. The Kier molecular flexibility index (Phi) is 5.96. The molecule has 0 amide bonds. The zero-order valence-electron chi connectivity index (χ0n) is 12.9. The molecule has 0 fully saturated rings. The lowest BCUT2D eigenvalue weighted by molar-refractivity contribution is -0.0499. The van der Waals surface area contributed by atoms with Crippen LogP contribution in [0, 0.1) is 0 Å². The maximum Gasteiger partial charge on any atom is 0.534 e. The van der Waals surface area contributed by atoms with Gasteiger partial charge in [0.05, 0.1) is 0 Å². The van der Waals surface area contributed by atoms with Crippen LogP contribution in [0.25, 0.3) is 0 Å². The minimum Gasteiger partial charge on any atom is -0.376 e. The number of alkyl halides is 3. The van der Waals surface area contributed by atoms with Crippen molar-refractivity contribution in [2.24, 2.45) is 0 Å². The molecule has 10 heteroatoms. The van der Waals surface area contributed by atoms with Crippen LogP contribution in [-0.4, -0.2) is 22.3 Å². The van der Waals surface area contributed by atoms with Crippen LogP contribution in [0.3, 0.4) is 0 Å². The van der Waals surface area contributed by atoms with E-state index in [9.17, 15) is 21.6 Å². The normalized spacial score (nSPS) is 13.7. The molecule has 0 bridgehead atoms. The summed E-state index contributed by atoms with van der Waals surface area (Å²) < 4.78 is 80.4. The molecule has 23 heavy (non-hydrogen) atoms. The maximum absolute atomic E-state index is 15.7. The largest absolute Gasteiger partial charge is 0.534 e. The molecular formula is C13H17BrF4O3SSi. The average Bonchev–Trinajstić information content (AvgIpc) is 2.35. The molecule has 0 saturated heterocycles. The first-order valence-corrected chi connectivity index (χ1v) is 11.0. The Bertz CT molecular complexity index is 666. The lowest BCUT2D eigenvalue weighted by Crippen LogP contribution is -2.50.